The van der Waals surface area contributed by atoms with Crippen LogP contribution in [-0.4, -0.2) is 31.8 Å². The van der Waals surface area contributed by atoms with Crippen molar-refractivity contribution in [3.05, 3.63) is 66.0 Å². The van der Waals surface area contributed by atoms with Crippen LogP contribution in [0.25, 0.3) is 5.69 Å². The Bertz CT molecular complexity index is 1020. The number of carbonyl (C=O) groups excluding carboxylic acids is 1. The van der Waals surface area contributed by atoms with E-state index < -0.39 is 0 Å². The summed E-state index contributed by atoms with van der Waals surface area (Å²) in [5.41, 5.74) is 3.70. The molecule has 6 heteroatoms. The number of anilines is 1. The summed E-state index contributed by atoms with van der Waals surface area (Å²) in [6, 6.07) is 15.4. The van der Waals surface area contributed by atoms with E-state index in [1.807, 2.05) is 59.6 Å². The molecule has 144 valence electrons. The van der Waals surface area contributed by atoms with E-state index in [1.165, 1.54) is 0 Å². The SMILES string of the molecule is COc1cc(C2c3cccn3-c3ccccc3N2C(C)=O)cc(OC)c1OC. The van der Waals surface area contributed by atoms with Crippen molar-refractivity contribution in [3.8, 4) is 22.9 Å². The van der Waals surface area contributed by atoms with Gasteiger partial charge in [0.05, 0.1) is 38.4 Å². The van der Waals surface area contributed by atoms with Gasteiger partial charge in [0, 0.05) is 13.1 Å². The Morgan fingerprint density at radius 1 is 0.893 bits per heavy atom. The molecular formula is C22H22N2O4. The lowest BCUT2D eigenvalue weighted by atomic mass is 9.97. The van der Waals surface area contributed by atoms with Crippen LogP contribution in [-0.2, 0) is 4.79 Å². The van der Waals surface area contributed by atoms with Crippen molar-refractivity contribution in [3.63, 3.8) is 0 Å². The van der Waals surface area contributed by atoms with E-state index in [1.54, 1.807) is 28.3 Å². The Labute approximate surface area is 163 Å². The Kier molecular flexibility index (Phi) is 4.47. The number of ether oxygens (including phenoxy) is 3. The van der Waals surface area contributed by atoms with E-state index in [-0.39, 0.29) is 11.9 Å². The molecule has 0 fully saturated rings. The van der Waals surface area contributed by atoms with Gasteiger partial charge in [-0.2, -0.15) is 0 Å². The molecule has 0 radical (unpaired) electrons. The fourth-order valence-electron chi connectivity index (χ4n) is 3.91. The quantitative estimate of drug-likeness (QED) is 0.690. The summed E-state index contributed by atoms with van der Waals surface area (Å²) in [7, 11) is 4.75. The van der Waals surface area contributed by atoms with Crippen LogP contribution in [0.2, 0.25) is 0 Å². The van der Waals surface area contributed by atoms with Gasteiger partial charge in [-0.05, 0) is 42.0 Å². The Morgan fingerprint density at radius 3 is 2.11 bits per heavy atom. The molecule has 0 spiro atoms. The van der Waals surface area contributed by atoms with Gasteiger partial charge in [0.2, 0.25) is 11.7 Å². The molecule has 0 saturated heterocycles. The Hall–Kier alpha value is -3.41. The number of hydrogen-bond acceptors (Lipinski definition) is 4. The van der Waals surface area contributed by atoms with Crippen molar-refractivity contribution in [2.45, 2.75) is 13.0 Å². The van der Waals surface area contributed by atoms with Crippen LogP contribution in [0.3, 0.4) is 0 Å². The minimum Gasteiger partial charge on any atom is -0.493 e. The number of carbonyl (C=O) groups is 1. The molecule has 1 unspecified atom stereocenters. The topological polar surface area (TPSA) is 52.9 Å². The van der Waals surface area contributed by atoms with Crippen LogP contribution in [0, 0.1) is 0 Å². The summed E-state index contributed by atoms with van der Waals surface area (Å²) in [5.74, 6) is 1.59. The van der Waals surface area contributed by atoms with Crippen LogP contribution >= 0.6 is 0 Å². The van der Waals surface area contributed by atoms with Crippen molar-refractivity contribution in [2.75, 3.05) is 26.2 Å². The van der Waals surface area contributed by atoms with Gasteiger partial charge in [0.25, 0.3) is 0 Å². The van der Waals surface area contributed by atoms with E-state index in [0.717, 1.165) is 22.6 Å². The number of amides is 1. The third-order valence-corrected chi connectivity index (χ3v) is 5.06. The monoisotopic (exact) mass is 378 g/mol. The fraction of sp³-hybridized carbons (Fsp3) is 0.227. The van der Waals surface area contributed by atoms with Gasteiger partial charge in [-0.3, -0.25) is 9.69 Å². The van der Waals surface area contributed by atoms with Gasteiger partial charge < -0.3 is 18.8 Å². The molecule has 1 aromatic heterocycles. The smallest absolute Gasteiger partial charge is 0.224 e. The third kappa shape index (κ3) is 2.60. The average Bonchev–Trinajstić information content (AvgIpc) is 3.21. The number of benzene rings is 2. The van der Waals surface area contributed by atoms with Gasteiger partial charge in [-0.25, -0.2) is 0 Å². The molecule has 2 aromatic carbocycles. The predicted octanol–water partition coefficient (Wildman–Crippen LogP) is 3.96. The number of hydrogen-bond donors (Lipinski definition) is 0. The maximum absolute atomic E-state index is 12.7. The summed E-state index contributed by atoms with van der Waals surface area (Å²) in [4.78, 5) is 14.5. The van der Waals surface area contributed by atoms with Gasteiger partial charge in [0.1, 0.15) is 6.04 Å². The van der Waals surface area contributed by atoms with Crippen LogP contribution in [0.15, 0.2) is 54.7 Å². The number of nitrogens with zero attached hydrogens (tertiary/aromatic N) is 2. The molecule has 0 N–H and O–H groups in total. The molecule has 1 aliphatic rings. The second-order valence-corrected chi connectivity index (χ2v) is 6.54. The van der Waals surface area contributed by atoms with Gasteiger partial charge in [-0.15, -0.1) is 0 Å². The highest BCUT2D eigenvalue weighted by molar-refractivity contribution is 5.96. The maximum atomic E-state index is 12.7. The molecule has 1 amide bonds. The minimum absolute atomic E-state index is 0.0429. The summed E-state index contributed by atoms with van der Waals surface area (Å²) in [5, 5.41) is 0. The summed E-state index contributed by atoms with van der Waals surface area (Å²) >= 11 is 0. The standard InChI is InChI=1S/C22H22N2O4/c1-14(25)24-17-9-6-5-8-16(17)23-11-7-10-18(23)21(24)15-12-19(26-2)22(28-4)20(13-15)27-3/h5-13,21H,1-4H3. The zero-order valence-corrected chi connectivity index (χ0v) is 16.3. The van der Waals surface area contributed by atoms with Crippen LogP contribution in [0.1, 0.15) is 24.2 Å². The van der Waals surface area contributed by atoms with Gasteiger partial charge in [0.15, 0.2) is 11.5 Å². The minimum atomic E-state index is -0.323. The first-order chi connectivity index (χ1) is 13.6. The zero-order chi connectivity index (χ0) is 19.8. The van der Waals surface area contributed by atoms with Crippen molar-refractivity contribution < 1.29 is 19.0 Å². The third-order valence-electron chi connectivity index (χ3n) is 5.06. The molecule has 0 aliphatic carbocycles. The molecule has 0 bridgehead atoms. The van der Waals surface area contributed by atoms with Gasteiger partial charge >= 0.3 is 0 Å². The molecule has 1 aliphatic heterocycles. The predicted molar refractivity (Wildman–Crippen MR) is 107 cm³/mol. The van der Waals surface area contributed by atoms with E-state index >= 15 is 0 Å². The average molecular weight is 378 g/mol. The molecule has 2 heterocycles. The van der Waals surface area contributed by atoms with E-state index in [9.17, 15) is 4.79 Å². The summed E-state index contributed by atoms with van der Waals surface area (Å²) in [6.07, 6.45) is 2.01. The van der Waals surface area contributed by atoms with Crippen molar-refractivity contribution in [1.82, 2.24) is 4.57 Å². The van der Waals surface area contributed by atoms with E-state index in [0.29, 0.717) is 17.2 Å². The molecule has 0 saturated carbocycles. The number of aromatic nitrogens is 1. The first-order valence-corrected chi connectivity index (χ1v) is 8.97. The largest absolute Gasteiger partial charge is 0.493 e. The van der Waals surface area contributed by atoms with Crippen LogP contribution in [0.4, 0.5) is 5.69 Å². The highest BCUT2D eigenvalue weighted by atomic mass is 16.5. The summed E-state index contributed by atoms with van der Waals surface area (Å²) in [6.45, 7) is 1.58. The fourth-order valence-corrected chi connectivity index (χ4v) is 3.91. The first kappa shape index (κ1) is 18.0. The molecule has 3 aromatic rings. The van der Waals surface area contributed by atoms with E-state index in [2.05, 4.69) is 4.57 Å². The first-order valence-electron chi connectivity index (χ1n) is 8.97. The number of fused-ring (bicyclic) bond motifs is 3. The van der Waals surface area contributed by atoms with Crippen molar-refractivity contribution in [1.29, 1.82) is 0 Å². The molecular weight excluding hydrogens is 356 g/mol. The second kappa shape index (κ2) is 6.96. The van der Waals surface area contributed by atoms with Crippen LogP contribution < -0.4 is 19.1 Å². The number of para-hydroxylation sites is 2. The summed E-state index contributed by atoms with van der Waals surface area (Å²) < 4.78 is 18.6. The zero-order valence-electron chi connectivity index (χ0n) is 16.3. The number of methoxy groups -OCH3 is 3. The lowest BCUT2D eigenvalue weighted by Gasteiger charge is -2.38. The normalized spacial score (nSPS) is 14.9. The Balaban J connectivity index is 1.98. The van der Waals surface area contributed by atoms with E-state index in [4.69, 9.17) is 14.2 Å². The molecule has 6 nitrogen and oxygen atoms in total. The lowest BCUT2D eigenvalue weighted by Crippen LogP contribution is -2.38. The highest BCUT2D eigenvalue weighted by Crippen LogP contribution is 2.46. The number of rotatable bonds is 4. The lowest BCUT2D eigenvalue weighted by molar-refractivity contribution is -0.117. The highest BCUT2D eigenvalue weighted by Gasteiger charge is 2.35. The maximum Gasteiger partial charge on any atom is 0.224 e. The van der Waals surface area contributed by atoms with Crippen LogP contribution in [0.5, 0.6) is 17.2 Å². The molecule has 4 rings (SSSR count). The Morgan fingerprint density at radius 2 is 1.54 bits per heavy atom. The molecule has 1 atom stereocenters. The van der Waals surface area contributed by atoms with Crippen molar-refractivity contribution >= 4 is 11.6 Å². The second-order valence-electron chi connectivity index (χ2n) is 6.54. The molecule has 28 heavy (non-hydrogen) atoms. The van der Waals surface area contributed by atoms with Crippen molar-refractivity contribution in [2.24, 2.45) is 0 Å². The van der Waals surface area contributed by atoms with Gasteiger partial charge in [-0.1, -0.05) is 12.1 Å².